The van der Waals surface area contributed by atoms with Crippen LogP contribution in [-0.2, 0) is 4.74 Å². The largest absolute Gasteiger partial charge is 0.368 e. The maximum Gasteiger partial charge on any atom is 0.0818 e. The molecule has 1 N–H and O–H groups in total. The monoisotopic (exact) mass is 895 g/mol. The summed E-state index contributed by atoms with van der Waals surface area (Å²) in [5.74, 6) is 11.3. The highest BCUT2D eigenvalue weighted by Crippen LogP contribution is 2.78. The number of fused-ring (bicyclic) bond motifs is 15. The van der Waals surface area contributed by atoms with Gasteiger partial charge < -0.3 is 15.0 Å². The van der Waals surface area contributed by atoms with Crippen LogP contribution in [0, 0.1) is 82.3 Å². The molecule has 14 rings (SSSR count). The van der Waals surface area contributed by atoms with Crippen LogP contribution in [0.3, 0.4) is 0 Å². The summed E-state index contributed by atoms with van der Waals surface area (Å²) in [5.41, 5.74) is 4.22. The average molecular weight is 895 g/mol. The van der Waals surface area contributed by atoms with Crippen molar-refractivity contribution in [3.05, 3.63) is 70.9 Å². The van der Waals surface area contributed by atoms with Crippen LogP contribution >= 0.6 is 11.8 Å². The number of hydrogen-bond acceptors (Lipinski definition) is 4. The first-order chi connectivity index (χ1) is 32.3. The van der Waals surface area contributed by atoms with Crippen LogP contribution in [0.25, 0.3) is 0 Å². The van der Waals surface area contributed by atoms with Gasteiger partial charge in [0.15, 0.2) is 0 Å². The first kappa shape index (κ1) is 42.4. The molecule has 352 valence electrons. The van der Waals surface area contributed by atoms with Gasteiger partial charge in [-0.15, -0.1) is 11.8 Å². The summed E-state index contributed by atoms with van der Waals surface area (Å²) >= 11 is 2.37. The molecule has 21 atom stereocenters. The second kappa shape index (κ2) is 17.4. The maximum atomic E-state index is 7.32. The van der Waals surface area contributed by atoms with Gasteiger partial charge in [0.05, 0.1) is 18.2 Å². The third kappa shape index (κ3) is 6.72. The molecule has 2 heterocycles. The van der Waals surface area contributed by atoms with Crippen LogP contribution < -0.4 is 5.32 Å². The lowest BCUT2D eigenvalue weighted by atomic mass is 9.53. The second-order valence-corrected chi connectivity index (χ2v) is 26.7. The van der Waals surface area contributed by atoms with Crippen molar-refractivity contribution >= 4 is 11.8 Å². The number of hydrogen-bond donors (Lipinski definition) is 1. The molecule has 12 aliphatic carbocycles. The molecule has 65 heavy (non-hydrogen) atoms. The standard InChI is InChI=1S/C61H86N2OS/c1-2-17-38(18-3-1)63(55-32-16-25-46-43-21-7-12-33-56(43)64-59(46)55)39-35-36-41-40-19-4-9-27-49(40)61(52(41)37-39)50-28-10-5-23-48(50)58-45(24-14-29-51(58)61)42-20-6-11-30-53(42)62-54-31-15-26-47-44-22-8-13-34-57(44)65-60(47)54/h1-2,9,11-12,27,30,33,37-38,40-43,45-56,58-60,62H,3-8,10,13-26,28-29,31-32,34-36H2. The van der Waals surface area contributed by atoms with Crippen LogP contribution in [0.15, 0.2) is 70.9 Å². The molecule has 0 aromatic rings. The average Bonchev–Trinajstić information content (AvgIpc) is 4.11. The first-order valence-electron chi connectivity index (χ1n) is 29.2. The van der Waals surface area contributed by atoms with Gasteiger partial charge in [-0.3, -0.25) is 0 Å². The highest BCUT2D eigenvalue weighted by molar-refractivity contribution is 8.04. The summed E-state index contributed by atoms with van der Waals surface area (Å²) in [7, 11) is 0. The normalized spacial score (nSPS) is 51.6. The maximum absolute atomic E-state index is 7.32. The number of nitrogens with zero attached hydrogens (tertiary/aromatic N) is 1. The summed E-state index contributed by atoms with van der Waals surface area (Å²) in [6.07, 6.45) is 64.6. The molecule has 2 aliphatic heterocycles. The van der Waals surface area contributed by atoms with Gasteiger partial charge in [-0.05, 0) is 235 Å². The minimum Gasteiger partial charge on any atom is -0.368 e. The SMILES string of the molecule is C1=CC(NC2CCCC3C4=C(CCCC4)SC23)C(C2CCCC3C2C2CCCCC2C32C3C=CCCC3C3CCC(N(C4CC=CCC4)C4CCCC5C6CCC=CC6OC54)=CC32)CC1. The van der Waals surface area contributed by atoms with Gasteiger partial charge >= 0.3 is 0 Å². The van der Waals surface area contributed by atoms with E-state index in [1.165, 1.54) is 173 Å². The lowest BCUT2D eigenvalue weighted by molar-refractivity contribution is -0.0376. The van der Waals surface area contributed by atoms with E-state index < -0.39 is 0 Å². The Balaban J connectivity index is 0.819. The molecule has 14 aliphatic rings. The summed E-state index contributed by atoms with van der Waals surface area (Å²) in [4.78, 5) is 5.03. The molecule has 6 saturated carbocycles. The Bertz CT molecular complexity index is 1980. The van der Waals surface area contributed by atoms with Gasteiger partial charge in [0.25, 0.3) is 0 Å². The number of nitrogens with one attached hydrogen (secondary N) is 1. The highest BCUT2D eigenvalue weighted by Gasteiger charge is 2.72. The number of thioether (sulfide) groups is 1. The van der Waals surface area contributed by atoms with Crippen LogP contribution in [0.2, 0.25) is 0 Å². The Kier molecular flexibility index (Phi) is 11.4. The van der Waals surface area contributed by atoms with Crippen LogP contribution in [-0.4, -0.2) is 46.5 Å². The van der Waals surface area contributed by atoms with E-state index in [-0.39, 0.29) is 0 Å². The van der Waals surface area contributed by atoms with Crippen LogP contribution in [0.1, 0.15) is 180 Å². The molecule has 0 amide bonds. The Labute approximate surface area is 399 Å². The molecule has 3 nitrogen and oxygen atoms in total. The lowest BCUT2D eigenvalue weighted by Crippen LogP contribution is -2.53. The number of rotatable bonds is 6. The van der Waals surface area contributed by atoms with Crippen LogP contribution in [0.4, 0.5) is 0 Å². The van der Waals surface area contributed by atoms with E-state index in [2.05, 4.69) is 76.7 Å². The van der Waals surface area contributed by atoms with Gasteiger partial charge in [0, 0.05) is 29.1 Å². The van der Waals surface area contributed by atoms with Crippen molar-refractivity contribution in [2.45, 2.75) is 221 Å². The first-order valence-corrected chi connectivity index (χ1v) is 30.1. The van der Waals surface area contributed by atoms with E-state index >= 15 is 0 Å². The minimum atomic E-state index is 0.376. The van der Waals surface area contributed by atoms with Gasteiger partial charge in [-0.2, -0.15) is 0 Å². The van der Waals surface area contributed by atoms with Crippen LogP contribution in [0.5, 0.6) is 0 Å². The molecular weight excluding hydrogens is 809 g/mol. The molecule has 0 bridgehead atoms. The number of allylic oxidation sites excluding steroid dienone is 9. The molecule has 0 aromatic heterocycles. The van der Waals surface area contributed by atoms with Gasteiger partial charge in [0.2, 0.25) is 0 Å². The van der Waals surface area contributed by atoms with Gasteiger partial charge in [0.1, 0.15) is 0 Å². The third-order valence-corrected chi connectivity index (χ3v) is 24.9. The Hall–Kier alpha value is -1.49. The Morgan fingerprint density at radius 1 is 0.569 bits per heavy atom. The lowest BCUT2D eigenvalue weighted by Gasteiger charge is -2.53. The van der Waals surface area contributed by atoms with E-state index in [0.29, 0.717) is 41.8 Å². The van der Waals surface area contributed by atoms with E-state index in [0.717, 1.165) is 82.2 Å². The molecule has 4 heteroatoms. The van der Waals surface area contributed by atoms with Crippen molar-refractivity contribution in [3.8, 4) is 0 Å². The highest BCUT2D eigenvalue weighted by atomic mass is 32.2. The molecule has 1 saturated heterocycles. The molecule has 7 fully saturated rings. The predicted molar refractivity (Wildman–Crippen MR) is 269 cm³/mol. The molecule has 0 radical (unpaired) electrons. The topological polar surface area (TPSA) is 24.5 Å². The predicted octanol–water partition coefficient (Wildman–Crippen LogP) is 14.7. The van der Waals surface area contributed by atoms with E-state index in [9.17, 15) is 0 Å². The summed E-state index contributed by atoms with van der Waals surface area (Å²) in [5, 5.41) is 5.43. The second-order valence-electron chi connectivity index (χ2n) is 25.4. The van der Waals surface area contributed by atoms with Gasteiger partial charge in [-0.25, -0.2) is 0 Å². The van der Waals surface area contributed by atoms with Gasteiger partial charge in [-0.1, -0.05) is 92.4 Å². The van der Waals surface area contributed by atoms with Crippen molar-refractivity contribution in [3.63, 3.8) is 0 Å². The van der Waals surface area contributed by atoms with Crippen molar-refractivity contribution in [1.82, 2.24) is 10.2 Å². The zero-order valence-corrected chi connectivity index (χ0v) is 41.1. The number of ether oxygens (including phenoxy) is 1. The van der Waals surface area contributed by atoms with Crippen molar-refractivity contribution in [2.75, 3.05) is 0 Å². The molecule has 0 aromatic carbocycles. The summed E-state index contributed by atoms with van der Waals surface area (Å²) < 4.78 is 7.32. The smallest absolute Gasteiger partial charge is 0.0818 e. The minimum absolute atomic E-state index is 0.376. The summed E-state index contributed by atoms with van der Waals surface area (Å²) in [6, 6.07) is 2.50. The quantitative estimate of drug-likeness (QED) is 0.269. The van der Waals surface area contributed by atoms with Crippen molar-refractivity contribution < 1.29 is 4.74 Å². The summed E-state index contributed by atoms with van der Waals surface area (Å²) in [6.45, 7) is 0. The fraction of sp³-hybridized carbons (Fsp3) is 0.803. The third-order valence-electron chi connectivity index (χ3n) is 23.2. The molecule has 21 unspecified atom stereocenters. The molecular formula is C61H86N2OS. The molecule has 1 spiro atoms. The van der Waals surface area contributed by atoms with Crippen molar-refractivity contribution in [1.29, 1.82) is 0 Å². The zero-order valence-electron chi connectivity index (χ0n) is 40.3. The van der Waals surface area contributed by atoms with Crippen molar-refractivity contribution in [2.24, 2.45) is 82.3 Å². The Morgan fingerprint density at radius 3 is 2.28 bits per heavy atom. The zero-order chi connectivity index (χ0) is 42.6. The Morgan fingerprint density at radius 2 is 1.34 bits per heavy atom. The van der Waals surface area contributed by atoms with E-state index in [4.69, 9.17) is 4.74 Å². The fourth-order valence-electron chi connectivity index (χ4n) is 21.4. The van der Waals surface area contributed by atoms with E-state index in [1.54, 1.807) is 6.42 Å². The van der Waals surface area contributed by atoms with E-state index in [1.807, 2.05) is 16.2 Å². The fourth-order valence-corrected chi connectivity index (χ4v) is 23.2.